The van der Waals surface area contributed by atoms with Gasteiger partial charge in [0.2, 0.25) is 0 Å². The molecule has 0 aromatic heterocycles. The SMILES string of the molecule is CCCNC1CCC(Oc2cc(C)ccc2C(C)C)C1. The largest absolute Gasteiger partial charge is 0.490 e. The standard InChI is InChI=1S/C18H29NO/c1-5-10-19-15-7-8-16(12-15)20-18-11-14(4)6-9-17(18)13(2)3/h6,9,11,13,15-16,19H,5,7-8,10,12H2,1-4H3. The van der Waals surface area contributed by atoms with Crippen LogP contribution in [0, 0.1) is 6.92 Å². The molecular weight excluding hydrogens is 246 g/mol. The van der Waals surface area contributed by atoms with Gasteiger partial charge in [0.1, 0.15) is 11.9 Å². The highest BCUT2D eigenvalue weighted by Crippen LogP contribution is 2.31. The average Bonchev–Trinajstić information content (AvgIpc) is 2.83. The molecule has 1 aromatic carbocycles. The molecule has 1 saturated carbocycles. The lowest BCUT2D eigenvalue weighted by atomic mass is 10.0. The lowest BCUT2D eigenvalue weighted by Gasteiger charge is -2.19. The summed E-state index contributed by atoms with van der Waals surface area (Å²) in [7, 11) is 0. The smallest absolute Gasteiger partial charge is 0.123 e. The molecule has 2 heteroatoms. The van der Waals surface area contributed by atoms with Gasteiger partial charge in [-0.25, -0.2) is 0 Å². The van der Waals surface area contributed by atoms with E-state index in [1.165, 1.54) is 30.4 Å². The minimum Gasteiger partial charge on any atom is -0.490 e. The minimum atomic E-state index is 0.378. The van der Waals surface area contributed by atoms with Crippen LogP contribution in [0.3, 0.4) is 0 Å². The van der Waals surface area contributed by atoms with Crippen LogP contribution in [0.15, 0.2) is 18.2 Å². The molecule has 0 radical (unpaired) electrons. The molecule has 1 aliphatic carbocycles. The van der Waals surface area contributed by atoms with Crippen LogP contribution in [0.4, 0.5) is 0 Å². The van der Waals surface area contributed by atoms with Gasteiger partial charge in [0, 0.05) is 6.04 Å². The molecule has 2 nitrogen and oxygen atoms in total. The Morgan fingerprint density at radius 1 is 1.30 bits per heavy atom. The zero-order valence-electron chi connectivity index (χ0n) is 13.4. The summed E-state index contributed by atoms with van der Waals surface area (Å²) in [6.07, 6.45) is 5.15. The topological polar surface area (TPSA) is 21.3 Å². The van der Waals surface area contributed by atoms with Crippen molar-refractivity contribution >= 4 is 0 Å². The van der Waals surface area contributed by atoms with E-state index in [2.05, 4.69) is 51.2 Å². The van der Waals surface area contributed by atoms with Crippen molar-refractivity contribution < 1.29 is 4.74 Å². The zero-order valence-corrected chi connectivity index (χ0v) is 13.4. The first kappa shape index (κ1) is 15.4. The predicted octanol–water partition coefficient (Wildman–Crippen LogP) is 4.42. The first-order valence-electron chi connectivity index (χ1n) is 8.10. The molecule has 0 heterocycles. The molecule has 1 aromatic rings. The van der Waals surface area contributed by atoms with Crippen molar-refractivity contribution in [3.63, 3.8) is 0 Å². The second kappa shape index (κ2) is 7.12. The third-order valence-corrected chi connectivity index (χ3v) is 4.15. The van der Waals surface area contributed by atoms with E-state index >= 15 is 0 Å². The molecule has 112 valence electrons. The Morgan fingerprint density at radius 3 is 2.80 bits per heavy atom. The van der Waals surface area contributed by atoms with Crippen LogP contribution in [0.5, 0.6) is 5.75 Å². The van der Waals surface area contributed by atoms with Gasteiger partial charge < -0.3 is 10.1 Å². The van der Waals surface area contributed by atoms with Gasteiger partial charge in [-0.3, -0.25) is 0 Å². The Kier molecular flexibility index (Phi) is 5.47. The predicted molar refractivity (Wildman–Crippen MR) is 85.6 cm³/mol. The molecule has 0 spiro atoms. The van der Waals surface area contributed by atoms with Crippen molar-refractivity contribution in [2.24, 2.45) is 0 Å². The van der Waals surface area contributed by atoms with E-state index < -0.39 is 0 Å². The number of rotatable bonds is 6. The van der Waals surface area contributed by atoms with Gasteiger partial charge >= 0.3 is 0 Å². The number of aryl methyl sites for hydroxylation is 1. The van der Waals surface area contributed by atoms with Gasteiger partial charge in [-0.15, -0.1) is 0 Å². The second-order valence-corrected chi connectivity index (χ2v) is 6.40. The van der Waals surface area contributed by atoms with Gasteiger partial charge in [0.25, 0.3) is 0 Å². The van der Waals surface area contributed by atoms with E-state index in [4.69, 9.17) is 4.74 Å². The highest BCUT2D eigenvalue weighted by atomic mass is 16.5. The molecule has 1 aliphatic rings. The van der Waals surface area contributed by atoms with E-state index in [1.807, 2.05) is 0 Å². The number of ether oxygens (including phenoxy) is 1. The fourth-order valence-corrected chi connectivity index (χ4v) is 2.98. The quantitative estimate of drug-likeness (QED) is 0.830. The van der Waals surface area contributed by atoms with Crippen LogP contribution in [-0.4, -0.2) is 18.7 Å². The number of hydrogen-bond acceptors (Lipinski definition) is 2. The maximum atomic E-state index is 6.32. The molecule has 0 bridgehead atoms. The first-order chi connectivity index (χ1) is 9.60. The number of benzene rings is 1. The van der Waals surface area contributed by atoms with E-state index in [9.17, 15) is 0 Å². The summed E-state index contributed by atoms with van der Waals surface area (Å²) in [5.74, 6) is 1.61. The Morgan fingerprint density at radius 2 is 2.10 bits per heavy atom. The van der Waals surface area contributed by atoms with Gasteiger partial charge in [-0.1, -0.05) is 32.9 Å². The number of nitrogens with one attached hydrogen (secondary N) is 1. The summed E-state index contributed by atoms with van der Waals surface area (Å²) in [6, 6.07) is 7.24. The molecule has 2 unspecified atom stereocenters. The Hall–Kier alpha value is -1.02. The molecule has 2 atom stereocenters. The van der Waals surface area contributed by atoms with Gasteiger partial charge in [0.15, 0.2) is 0 Å². The van der Waals surface area contributed by atoms with Gasteiger partial charge in [-0.2, -0.15) is 0 Å². The van der Waals surface area contributed by atoms with Crippen LogP contribution >= 0.6 is 0 Å². The van der Waals surface area contributed by atoms with Crippen LogP contribution in [0.1, 0.15) is 63.5 Å². The fraction of sp³-hybridized carbons (Fsp3) is 0.667. The van der Waals surface area contributed by atoms with E-state index in [0.717, 1.165) is 18.7 Å². The van der Waals surface area contributed by atoms with Crippen LogP contribution in [0.25, 0.3) is 0 Å². The third kappa shape index (κ3) is 3.99. The average molecular weight is 275 g/mol. The van der Waals surface area contributed by atoms with E-state index in [1.54, 1.807) is 0 Å². The summed E-state index contributed by atoms with van der Waals surface area (Å²) >= 11 is 0. The molecule has 0 saturated heterocycles. The summed E-state index contributed by atoms with van der Waals surface area (Å²) in [6.45, 7) is 9.95. The molecule has 2 rings (SSSR count). The summed E-state index contributed by atoms with van der Waals surface area (Å²) in [5.41, 5.74) is 2.61. The lowest BCUT2D eigenvalue weighted by Crippen LogP contribution is -2.28. The van der Waals surface area contributed by atoms with E-state index in [0.29, 0.717) is 18.1 Å². The molecule has 0 amide bonds. The Bertz CT molecular complexity index is 427. The monoisotopic (exact) mass is 275 g/mol. The number of hydrogen-bond donors (Lipinski definition) is 1. The zero-order chi connectivity index (χ0) is 14.5. The van der Waals surface area contributed by atoms with Crippen molar-refractivity contribution in [1.29, 1.82) is 0 Å². The Balaban J connectivity index is 1.98. The van der Waals surface area contributed by atoms with Gasteiger partial charge in [-0.05, 0) is 62.3 Å². The molecule has 0 aliphatic heterocycles. The van der Waals surface area contributed by atoms with Crippen molar-refractivity contribution in [2.45, 2.75) is 71.4 Å². The molecular formula is C18H29NO. The second-order valence-electron chi connectivity index (χ2n) is 6.40. The van der Waals surface area contributed by atoms with Crippen molar-refractivity contribution in [2.75, 3.05) is 6.54 Å². The van der Waals surface area contributed by atoms with Crippen molar-refractivity contribution in [1.82, 2.24) is 5.32 Å². The maximum Gasteiger partial charge on any atom is 0.123 e. The van der Waals surface area contributed by atoms with E-state index in [-0.39, 0.29) is 0 Å². The molecule has 1 N–H and O–H groups in total. The normalized spacial score (nSPS) is 22.4. The molecule has 1 fully saturated rings. The summed E-state index contributed by atoms with van der Waals surface area (Å²) in [5, 5.41) is 3.62. The van der Waals surface area contributed by atoms with Crippen LogP contribution < -0.4 is 10.1 Å². The molecule has 20 heavy (non-hydrogen) atoms. The third-order valence-electron chi connectivity index (χ3n) is 4.15. The first-order valence-corrected chi connectivity index (χ1v) is 8.10. The highest BCUT2D eigenvalue weighted by Gasteiger charge is 2.26. The fourth-order valence-electron chi connectivity index (χ4n) is 2.98. The highest BCUT2D eigenvalue weighted by molar-refractivity contribution is 5.39. The van der Waals surface area contributed by atoms with Crippen molar-refractivity contribution in [3.8, 4) is 5.75 Å². The van der Waals surface area contributed by atoms with Crippen LogP contribution in [0.2, 0.25) is 0 Å². The van der Waals surface area contributed by atoms with Crippen LogP contribution in [-0.2, 0) is 0 Å². The summed E-state index contributed by atoms with van der Waals surface area (Å²) in [4.78, 5) is 0. The Labute approximate surface area is 123 Å². The maximum absolute atomic E-state index is 6.32. The van der Waals surface area contributed by atoms with Gasteiger partial charge in [0.05, 0.1) is 0 Å². The lowest BCUT2D eigenvalue weighted by molar-refractivity contribution is 0.203. The summed E-state index contributed by atoms with van der Waals surface area (Å²) < 4.78 is 6.32. The minimum absolute atomic E-state index is 0.378. The van der Waals surface area contributed by atoms with Crippen molar-refractivity contribution in [3.05, 3.63) is 29.3 Å².